The summed E-state index contributed by atoms with van der Waals surface area (Å²) in [5, 5.41) is 2.85. The molecule has 1 aliphatic rings. The summed E-state index contributed by atoms with van der Waals surface area (Å²) in [5.74, 6) is -0.276. The van der Waals surface area contributed by atoms with Gasteiger partial charge >= 0.3 is 0 Å². The lowest BCUT2D eigenvalue weighted by Gasteiger charge is -2.31. The number of sulfonamides is 1. The zero-order chi connectivity index (χ0) is 20.0. The molecule has 0 unspecified atom stereocenters. The first kappa shape index (κ1) is 21.4. The molecule has 0 spiro atoms. The molecule has 0 bridgehead atoms. The zero-order valence-electron chi connectivity index (χ0n) is 16.5. The van der Waals surface area contributed by atoms with Gasteiger partial charge in [0.1, 0.15) is 0 Å². The highest BCUT2D eigenvalue weighted by Gasteiger charge is 2.24. The summed E-state index contributed by atoms with van der Waals surface area (Å²) in [4.78, 5) is 14.5. The van der Waals surface area contributed by atoms with E-state index in [2.05, 4.69) is 10.2 Å². The number of carbonyl (C=O) groups is 1. The molecule has 1 fully saturated rings. The minimum Gasteiger partial charge on any atom is -0.378 e. The van der Waals surface area contributed by atoms with Gasteiger partial charge < -0.3 is 15.0 Å². The van der Waals surface area contributed by atoms with Crippen LogP contribution in [-0.4, -0.2) is 58.0 Å². The predicted octanol–water partition coefficient (Wildman–Crippen LogP) is 2.46. The maximum absolute atomic E-state index is 12.9. The first-order valence-corrected chi connectivity index (χ1v) is 10.7. The minimum absolute atomic E-state index is 0.177. The molecule has 1 amide bonds. The molecule has 1 saturated heterocycles. The molecule has 0 aromatic heterocycles. The standard InChI is InChI=1S/C19H29N3O4S/c1-5-22(6-2)27(24,25)16-7-8-18(21-9-11-26-12-10-21)17(14-16)20-19(23)13-15(3)4/h7-8,13-14H,5-6,9-12H2,1-4H3,(H,20,23). The third-order valence-corrected chi connectivity index (χ3v) is 6.39. The van der Waals surface area contributed by atoms with Gasteiger partial charge in [0.25, 0.3) is 0 Å². The van der Waals surface area contributed by atoms with Gasteiger partial charge in [-0.3, -0.25) is 4.79 Å². The van der Waals surface area contributed by atoms with Gasteiger partial charge in [-0.2, -0.15) is 4.31 Å². The Kier molecular flexibility index (Phi) is 7.41. The molecular formula is C19H29N3O4S. The van der Waals surface area contributed by atoms with Crippen LogP contribution in [0.4, 0.5) is 11.4 Å². The van der Waals surface area contributed by atoms with E-state index in [1.165, 1.54) is 10.4 Å². The molecule has 27 heavy (non-hydrogen) atoms. The molecule has 1 aliphatic heterocycles. The molecule has 0 atom stereocenters. The Morgan fingerprint density at radius 2 is 1.85 bits per heavy atom. The van der Waals surface area contributed by atoms with Crippen molar-refractivity contribution in [3.8, 4) is 0 Å². The Morgan fingerprint density at radius 3 is 2.41 bits per heavy atom. The lowest BCUT2D eigenvalue weighted by Crippen LogP contribution is -2.37. The largest absolute Gasteiger partial charge is 0.378 e. The summed E-state index contributed by atoms with van der Waals surface area (Å²) in [5.41, 5.74) is 2.16. The number of allylic oxidation sites excluding steroid dienone is 1. The third kappa shape index (κ3) is 5.31. The van der Waals surface area contributed by atoms with Gasteiger partial charge in [0.2, 0.25) is 15.9 Å². The lowest BCUT2D eigenvalue weighted by atomic mass is 10.2. The van der Waals surface area contributed by atoms with E-state index in [1.807, 2.05) is 13.8 Å². The number of benzene rings is 1. The smallest absolute Gasteiger partial charge is 0.248 e. The minimum atomic E-state index is -3.61. The van der Waals surface area contributed by atoms with Crippen LogP contribution in [0.5, 0.6) is 0 Å². The fourth-order valence-corrected chi connectivity index (χ4v) is 4.48. The fourth-order valence-electron chi connectivity index (χ4n) is 3.00. The third-order valence-electron chi connectivity index (χ3n) is 4.34. The van der Waals surface area contributed by atoms with Crippen molar-refractivity contribution < 1.29 is 17.9 Å². The summed E-state index contributed by atoms with van der Waals surface area (Å²) in [7, 11) is -3.61. The average molecular weight is 396 g/mol. The first-order valence-electron chi connectivity index (χ1n) is 9.22. The van der Waals surface area contributed by atoms with Crippen LogP contribution in [0.3, 0.4) is 0 Å². The number of hydrogen-bond acceptors (Lipinski definition) is 5. The number of anilines is 2. The molecule has 150 valence electrons. The molecule has 1 N–H and O–H groups in total. The molecule has 7 nitrogen and oxygen atoms in total. The van der Waals surface area contributed by atoms with Gasteiger partial charge in [-0.15, -0.1) is 0 Å². The number of nitrogens with zero attached hydrogens (tertiary/aromatic N) is 2. The molecular weight excluding hydrogens is 366 g/mol. The summed E-state index contributed by atoms with van der Waals surface area (Å²) < 4.78 is 32.5. The SMILES string of the molecule is CCN(CC)S(=O)(=O)c1ccc(N2CCOCC2)c(NC(=O)C=C(C)C)c1. The zero-order valence-corrected chi connectivity index (χ0v) is 17.3. The van der Waals surface area contributed by atoms with Crippen molar-refractivity contribution in [1.82, 2.24) is 4.31 Å². The topological polar surface area (TPSA) is 79.0 Å². The first-order chi connectivity index (χ1) is 12.8. The number of morpholine rings is 1. The van der Waals surface area contributed by atoms with Gasteiger partial charge in [0.15, 0.2) is 0 Å². The molecule has 1 aromatic rings. The van der Waals surface area contributed by atoms with Crippen LogP contribution in [0.25, 0.3) is 0 Å². The highest BCUT2D eigenvalue weighted by Crippen LogP contribution is 2.31. The van der Waals surface area contributed by atoms with Crippen LogP contribution in [0.1, 0.15) is 27.7 Å². The van der Waals surface area contributed by atoms with Crippen molar-refractivity contribution in [2.24, 2.45) is 0 Å². The number of ether oxygens (including phenoxy) is 1. The Labute approximate surface area is 162 Å². The molecule has 1 aromatic carbocycles. The summed E-state index contributed by atoms with van der Waals surface area (Å²) >= 11 is 0. The number of rotatable bonds is 7. The van der Waals surface area contributed by atoms with E-state index in [-0.39, 0.29) is 10.8 Å². The van der Waals surface area contributed by atoms with Crippen molar-refractivity contribution >= 4 is 27.3 Å². The van der Waals surface area contributed by atoms with Crippen LogP contribution in [-0.2, 0) is 19.6 Å². The van der Waals surface area contributed by atoms with Crippen molar-refractivity contribution in [1.29, 1.82) is 0 Å². The molecule has 2 rings (SSSR count). The van der Waals surface area contributed by atoms with Crippen LogP contribution in [0, 0.1) is 0 Å². The van der Waals surface area contributed by atoms with Crippen molar-refractivity contribution in [2.75, 3.05) is 49.6 Å². The van der Waals surface area contributed by atoms with Crippen LogP contribution >= 0.6 is 0 Å². The average Bonchev–Trinajstić information content (AvgIpc) is 2.62. The maximum atomic E-state index is 12.9. The normalized spacial score (nSPS) is 14.9. The summed E-state index contributed by atoms with van der Waals surface area (Å²) in [6.45, 7) is 10.6. The molecule has 0 saturated carbocycles. The van der Waals surface area contributed by atoms with Gasteiger partial charge in [-0.25, -0.2) is 8.42 Å². The molecule has 0 radical (unpaired) electrons. The van der Waals surface area contributed by atoms with Crippen molar-refractivity contribution in [3.63, 3.8) is 0 Å². The summed E-state index contributed by atoms with van der Waals surface area (Å²) in [6.07, 6.45) is 1.49. The van der Waals surface area contributed by atoms with Gasteiger partial charge in [0.05, 0.1) is 29.5 Å². The van der Waals surface area contributed by atoms with Gasteiger partial charge in [0, 0.05) is 32.3 Å². The number of nitrogens with one attached hydrogen (secondary N) is 1. The highest BCUT2D eigenvalue weighted by molar-refractivity contribution is 7.89. The van der Waals surface area contributed by atoms with E-state index in [4.69, 9.17) is 4.74 Å². The predicted molar refractivity (Wildman–Crippen MR) is 108 cm³/mol. The van der Waals surface area contributed by atoms with Gasteiger partial charge in [-0.05, 0) is 32.0 Å². The number of amides is 1. The lowest BCUT2D eigenvalue weighted by molar-refractivity contribution is -0.111. The fraction of sp³-hybridized carbons (Fsp3) is 0.526. The Bertz CT molecular complexity index is 791. The summed E-state index contributed by atoms with van der Waals surface area (Å²) in [6, 6.07) is 4.92. The molecule has 0 aliphatic carbocycles. The van der Waals surface area contributed by atoms with Gasteiger partial charge in [-0.1, -0.05) is 19.4 Å². The maximum Gasteiger partial charge on any atom is 0.248 e. The van der Waals surface area contributed by atoms with Crippen molar-refractivity contribution in [3.05, 3.63) is 29.8 Å². The highest BCUT2D eigenvalue weighted by atomic mass is 32.2. The van der Waals surface area contributed by atoms with E-state index >= 15 is 0 Å². The van der Waals surface area contributed by atoms with Crippen LogP contribution in [0.2, 0.25) is 0 Å². The second kappa shape index (κ2) is 9.34. The van der Waals surface area contributed by atoms with Crippen LogP contribution in [0.15, 0.2) is 34.7 Å². The Morgan fingerprint density at radius 1 is 1.22 bits per heavy atom. The Hall–Kier alpha value is -1.90. The van der Waals surface area contributed by atoms with Crippen LogP contribution < -0.4 is 10.2 Å². The molecule has 8 heteroatoms. The number of carbonyl (C=O) groups excluding carboxylic acids is 1. The monoisotopic (exact) mass is 395 g/mol. The van der Waals surface area contributed by atoms with E-state index in [0.717, 1.165) is 11.3 Å². The van der Waals surface area contributed by atoms with E-state index in [1.54, 1.807) is 32.0 Å². The number of hydrogen-bond donors (Lipinski definition) is 1. The van der Waals surface area contributed by atoms with E-state index in [9.17, 15) is 13.2 Å². The second-order valence-electron chi connectivity index (χ2n) is 6.58. The second-order valence-corrected chi connectivity index (χ2v) is 8.52. The van der Waals surface area contributed by atoms with Crippen molar-refractivity contribution in [2.45, 2.75) is 32.6 Å². The quantitative estimate of drug-likeness (QED) is 0.718. The van der Waals surface area contributed by atoms with E-state index in [0.29, 0.717) is 45.1 Å². The Balaban J connectivity index is 2.46. The molecule has 1 heterocycles. The van der Waals surface area contributed by atoms with E-state index < -0.39 is 10.0 Å².